The number of carbonyl (C=O) groups is 4. The van der Waals surface area contributed by atoms with E-state index >= 15 is 0 Å². The zero-order valence-corrected chi connectivity index (χ0v) is 64.5. The number of rotatable bonds is 69. The van der Waals surface area contributed by atoms with Crippen LogP contribution in [-0.4, -0.2) is 96.7 Å². The minimum atomic E-state index is -5.01. The molecule has 0 rings (SSSR count). The minimum Gasteiger partial charge on any atom is -0.462 e. The average Bonchev–Trinajstić information content (AvgIpc) is 0.926. The minimum absolute atomic E-state index is 0.0220. The molecule has 0 heterocycles. The van der Waals surface area contributed by atoms with Crippen molar-refractivity contribution in [1.29, 1.82) is 0 Å². The molecular weight excluding hydrogens is 1330 g/mol. The Morgan fingerprint density at radius 3 is 0.873 bits per heavy atom. The molecule has 0 radical (unpaired) electrons. The van der Waals surface area contributed by atoms with Crippen molar-refractivity contribution in [3.8, 4) is 0 Å². The topological polar surface area (TPSA) is 237 Å². The highest BCUT2D eigenvalue weighted by molar-refractivity contribution is 7.47. The van der Waals surface area contributed by atoms with E-state index in [4.69, 9.17) is 37.0 Å². The molecule has 0 spiro atoms. The van der Waals surface area contributed by atoms with Crippen LogP contribution in [0.25, 0.3) is 0 Å². The molecule has 3 N–H and O–H groups in total. The maximum atomic E-state index is 13.1. The van der Waals surface area contributed by atoms with Crippen LogP contribution in [0.3, 0.4) is 0 Å². The van der Waals surface area contributed by atoms with E-state index in [0.717, 1.165) is 122 Å². The molecule has 17 nitrogen and oxygen atoms in total. The van der Waals surface area contributed by atoms with Gasteiger partial charge in [0.25, 0.3) is 0 Å². The van der Waals surface area contributed by atoms with Crippen molar-refractivity contribution in [3.63, 3.8) is 0 Å². The van der Waals surface area contributed by atoms with Gasteiger partial charge in [-0.15, -0.1) is 0 Å². The molecule has 19 heteroatoms. The number of aliphatic hydroxyl groups excluding tert-OH is 1. The molecular formula is C83H132O17P2. The molecule has 0 aromatic carbocycles. The molecule has 0 bridgehead atoms. The summed E-state index contributed by atoms with van der Waals surface area (Å²) in [5.74, 6) is -2.41. The van der Waals surface area contributed by atoms with Crippen LogP contribution in [-0.2, 0) is 65.4 Å². The lowest BCUT2D eigenvalue weighted by Gasteiger charge is -2.21. The van der Waals surface area contributed by atoms with Crippen molar-refractivity contribution in [3.05, 3.63) is 182 Å². The van der Waals surface area contributed by atoms with Crippen molar-refractivity contribution < 1.29 is 80.2 Å². The maximum Gasteiger partial charge on any atom is 0.472 e. The van der Waals surface area contributed by atoms with Gasteiger partial charge in [-0.1, -0.05) is 274 Å². The highest BCUT2D eigenvalue weighted by Gasteiger charge is 2.30. The number of hydrogen-bond acceptors (Lipinski definition) is 15. The van der Waals surface area contributed by atoms with Crippen molar-refractivity contribution >= 4 is 39.5 Å². The van der Waals surface area contributed by atoms with E-state index in [1.807, 2.05) is 36.5 Å². The van der Waals surface area contributed by atoms with Crippen molar-refractivity contribution in [2.45, 2.75) is 277 Å². The number of hydrogen-bond donors (Lipinski definition) is 3. The van der Waals surface area contributed by atoms with Crippen LogP contribution in [0.5, 0.6) is 0 Å². The molecule has 5 unspecified atom stereocenters. The summed E-state index contributed by atoms with van der Waals surface area (Å²) < 4.78 is 68.3. The first-order valence-corrected chi connectivity index (χ1v) is 41.0. The fourth-order valence-corrected chi connectivity index (χ4v) is 10.8. The third-order valence-electron chi connectivity index (χ3n) is 14.9. The summed E-state index contributed by atoms with van der Waals surface area (Å²) >= 11 is 0. The number of phosphoric acid groups is 2. The summed E-state index contributed by atoms with van der Waals surface area (Å²) in [5, 5.41) is 10.6. The van der Waals surface area contributed by atoms with Gasteiger partial charge in [-0.25, -0.2) is 9.13 Å². The number of phosphoric ester groups is 2. The second-order valence-corrected chi connectivity index (χ2v) is 27.4. The van der Waals surface area contributed by atoms with E-state index in [-0.39, 0.29) is 25.7 Å². The van der Waals surface area contributed by atoms with Crippen LogP contribution in [0.1, 0.15) is 259 Å². The number of esters is 4. The largest absolute Gasteiger partial charge is 0.472 e. The fourth-order valence-electron chi connectivity index (χ4n) is 9.21. The summed E-state index contributed by atoms with van der Waals surface area (Å²) in [6.45, 7) is 4.28. The second-order valence-electron chi connectivity index (χ2n) is 24.5. The summed E-state index contributed by atoms with van der Waals surface area (Å²) in [7, 11) is -10.0. The van der Waals surface area contributed by atoms with Gasteiger partial charge in [0, 0.05) is 25.7 Å². The number of unbranched alkanes of at least 4 members (excludes halogenated alkanes) is 13. The van der Waals surface area contributed by atoms with Crippen LogP contribution in [0.4, 0.5) is 0 Å². The molecule has 0 aromatic heterocycles. The van der Waals surface area contributed by atoms with Gasteiger partial charge in [-0.05, 0) is 141 Å². The smallest absolute Gasteiger partial charge is 0.462 e. The van der Waals surface area contributed by atoms with Crippen molar-refractivity contribution in [1.82, 2.24) is 0 Å². The standard InChI is InChI=1S/C83H132O17P2/c1-5-9-13-17-21-25-29-32-35-37-38-40-43-45-49-52-56-60-64-68-80(85)93-73-78(99-82(87)69-65-61-57-53-47-28-24-20-16-12-8-4)75-97-101(89,90)95-71-77(84)72-96-102(91,92)98-76-79(100-83(88)70-66-62-58-54-50-46-41-34-31-27-23-19-15-11-7-3)74-94-81(86)67-63-59-55-51-48-44-42-39-36-33-30-26-22-18-14-10-6-2/h9-11,13-15,21-23,25-27,32-36,38,40-42,44-45,49-51,54-56,60,77-79,84H,5-8,12,16-20,24,28-31,37,39,43,46-48,52-53,57-59,61-76H2,1-4H3,(H,89,90)(H,91,92)/b13-9-,14-10-,15-11-,25-21-,26-22-,27-23-,35-32-,36-33-,40-38-,41-34-,44-42-,49-45-,54-50-,55-51-,60-56-. The van der Waals surface area contributed by atoms with Gasteiger partial charge in [0.2, 0.25) is 0 Å². The Hall–Kier alpha value is -5.84. The molecule has 0 aromatic rings. The second kappa shape index (κ2) is 73.5. The van der Waals surface area contributed by atoms with E-state index in [2.05, 4.69) is 174 Å². The molecule has 0 saturated carbocycles. The molecule has 0 fully saturated rings. The Morgan fingerprint density at radius 2 is 0.539 bits per heavy atom. The van der Waals surface area contributed by atoms with Gasteiger partial charge < -0.3 is 33.8 Å². The first kappa shape index (κ1) is 96.2. The lowest BCUT2D eigenvalue weighted by molar-refractivity contribution is -0.161. The molecule has 0 saturated heterocycles. The van der Waals surface area contributed by atoms with E-state index in [0.29, 0.717) is 44.9 Å². The molecule has 102 heavy (non-hydrogen) atoms. The highest BCUT2D eigenvalue weighted by atomic mass is 31.2. The number of allylic oxidation sites excluding steroid dienone is 30. The number of ether oxygens (including phenoxy) is 4. The van der Waals surface area contributed by atoms with Crippen LogP contribution >= 0.6 is 15.6 Å². The zero-order valence-electron chi connectivity index (χ0n) is 62.7. The Kier molecular flexibility index (Phi) is 69.3. The summed E-state index contributed by atoms with van der Waals surface area (Å²) in [6.07, 6.45) is 87.8. The monoisotopic (exact) mass is 1460 g/mol. The van der Waals surface area contributed by atoms with Crippen LogP contribution in [0, 0.1) is 0 Å². The Labute approximate surface area is 615 Å². The third kappa shape index (κ3) is 72.5. The Balaban J connectivity index is 5.49. The van der Waals surface area contributed by atoms with Crippen LogP contribution in [0.2, 0.25) is 0 Å². The average molecular weight is 1460 g/mol. The lowest BCUT2D eigenvalue weighted by atomic mass is 10.1. The van der Waals surface area contributed by atoms with E-state index in [1.54, 1.807) is 0 Å². The Morgan fingerprint density at radius 1 is 0.284 bits per heavy atom. The van der Waals surface area contributed by atoms with Crippen LogP contribution < -0.4 is 0 Å². The molecule has 0 aliphatic carbocycles. The Bertz CT molecular complexity index is 2650. The van der Waals surface area contributed by atoms with Gasteiger partial charge in [0.05, 0.1) is 26.4 Å². The first-order valence-electron chi connectivity index (χ1n) is 38.0. The molecule has 0 amide bonds. The fraction of sp³-hybridized carbons (Fsp3) is 0.590. The molecule has 0 aliphatic heterocycles. The van der Waals surface area contributed by atoms with E-state index < -0.39 is 97.5 Å². The highest BCUT2D eigenvalue weighted by Crippen LogP contribution is 2.45. The zero-order chi connectivity index (χ0) is 74.6. The lowest BCUT2D eigenvalue weighted by Crippen LogP contribution is -2.30. The van der Waals surface area contributed by atoms with E-state index in [9.17, 15) is 43.2 Å². The summed E-state index contributed by atoms with van der Waals surface area (Å²) in [6, 6.07) is 0. The van der Waals surface area contributed by atoms with Gasteiger partial charge in [0.1, 0.15) is 19.3 Å². The summed E-state index contributed by atoms with van der Waals surface area (Å²) in [5.41, 5.74) is 0. The molecule has 5 atom stereocenters. The molecule has 0 aliphatic rings. The van der Waals surface area contributed by atoms with E-state index in [1.165, 1.54) is 38.5 Å². The predicted molar refractivity (Wildman–Crippen MR) is 417 cm³/mol. The number of aliphatic hydroxyl groups is 1. The predicted octanol–water partition coefficient (Wildman–Crippen LogP) is 22.0. The van der Waals surface area contributed by atoms with Crippen molar-refractivity contribution in [2.75, 3.05) is 39.6 Å². The quantitative estimate of drug-likeness (QED) is 0.0169. The maximum absolute atomic E-state index is 13.1. The molecule has 576 valence electrons. The van der Waals surface area contributed by atoms with Gasteiger partial charge >= 0.3 is 39.5 Å². The first-order chi connectivity index (χ1) is 49.7. The van der Waals surface area contributed by atoms with Crippen LogP contribution in [0.15, 0.2) is 182 Å². The van der Waals surface area contributed by atoms with Gasteiger partial charge in [0.15, 0.2) is 12.2 Å². The van der Waals surface area contributed by atoms with Gasteiger partial charge in [-0.3, -0.25) is 37.3 Å². The number of carbonyl (C=O) groups excluding carboxylic acids is 4. The van der Waals surface area contributed by atoms with Crippen molar-refractivity contribution in [2.24, 2.45) is 0 Å². The normalized spacial score (nSPS) is 14.9. The SMILES string of the molecule is CC/C=C\C/C=C\C/C=C\C/C=C\C/C=C\C/C=C\CCC(=O)OCC(COP(=O)(O)OCC(O)COP(=O)(O)OCC(COC(=O)CCC/C=C\C/C=C\C/C=C\C/C=C\C/C=C\CC)OC(=O)CCCC/C=C\C/C=C\C/C=C\C/C=C\CC)OC(=O)CCCCCCCCCCCCC. The summed E-state index contributed by atoms with van der Waals surface area (Å²) in [4.78, 5) is 72.8. The third-order valence-corrected chi connectivity index (χ3v) is 16.8. The van der Waals surface area contributed by atoms with Gasteiger partial charge in [-0.2, -0.15) is 0 Å².